The van der Waals surface area contributed by atoms with Gasteiger partial charge in [0, 0.05) is 37.9 Å². The van der Waals surface area contributed by atoms with Crippen LogP contribution in [0.2, 0.25) is 10.0 Å². The Labute approximate surface area is 180 Å². The van der Waals surface area contributed by atoms with Gasteiger partial charge in [-0.1, -0.05) is 35.3 Å². The highest BCUT2D eigenvalue weighted by atomic mass is 35.5. The molecule has 1 saturated heterocycles. The zero-order valence-corrected chi connectivity index (χ0v) is 18.1. The van der Waals surface area contributed by atoms with Gasteiger partial charge in [0.2, 0.25) is 15.9 Å². The molecule has 3 rings (SSSR count). The van der Waals surface area contributed by atoms with Gasteiger partial charge in [0.1, 0.15) is 10.6 Å². The first-order chi connectivity index (χ1) is 13.8. The van der Waals surface area contributed by atoms with Gasteiger partial charge >= 0.3 is 0 Å². The number of piperazine rings is 1. The van der Waals surface area contributed by atoms with Crippen molar-refractivity contribution >= 4 is 44.8 Å². The molecule has 2 aromatic rings. The van der Waals surface area contributed by atoms with Crippen LogP contribution in [0.1, 0.15) is 0 Å². The van der Waals surface area contributed by atoms with Crippen molar-refractivity contribution in [3.8, 4) is 5.75 Å². The average Bonchev–Trinajstić information content (AvgIpc) is 2.70. The van der Waals surface area contributed by atoms with Crippen LogP contribution in [0.25, 0.3) is 0 Å². The molecule has 1 fully saturated rings. The fraction of sp³-hybridized carbons (Fsp3) is 0.316. The Hall–Kier alpha value is -1.84. The zero-order chi connectivity index (χ0) is 21.0. The average molecular weight is 458 g/mol. The summed E-state index contributed by atoms with van der Waals surface area (Å²) in [4.78, 5) is 14.2. The Morgan fingerprint density at radius 1 is 1.10 bits per heavy atom. The molecule has 0 bridgehead atoms. The Kier molecular flexibility index (Phi) is 7.02. The number of nitrogens with one attached hydrogen (secondary N) is 1. The molecule has 0 aromatic heterocycles. The maximum absolute atomic E-state index is 12.9. The van der Waals surface area contributed by atoms with Gasteiger partial charge in [0.25, 0.3) is 0 Å². The summed E-state index contributed by atoms with van der Waals surface area (Å²) in [7, 11) is -2.19. The number of carbonyl (C=O) groups excluding carboxylic acids is 1. The van der Waals surface area contributed by atoms with Crippen molar-refractivity contribution in [1.82, 2.24) is 9.21 Å². The second-order valence-corrected chi connectivity index (χ2v) is 9.20. The van der Waals surface area contributed by atoms with E-state index < -0.39 is 10.0 Å². The predicted octanol–water partition coefficient (Wildman–Crippen LogP) is 2.95. The van der Waals surface area contributed by atoms with E-state index in [0.29, 0.717) is 24.5 Å². The lowest BCUT2D eigenvalue weighted by Gasteiger charge is -2.33. The molecule has 7 nitrogen and oxygen atoms in total. The number of carbonyl (C=O) groups is 1. The fourth-order valence-corrected chi connectivity index (χ4v) is 5.21. The summed E-state index contributed by atoms with van der Waals surface area (Å²) >= 11 is 12.0. The highest BCUT2D eigenvalue weighted by molar-refractivity contribution is 7.89. The molecule has 0 radical (unpaired) electrons. The summed E-state index contributed by atoms with van der Waals surface area (Å²) < 4.78 is 32.2. The first-order valence-electron chi connectivity index (χ1n) is 8.91. The van der Waals surface area contributed by atoms with Crippen molar-refractivity contribution in [1.29, 1.82) is 0 Å². The number of methoxy groups -OCH3 is 1. The second-order valence-electron chi connectivity index (χ2n) is 6.51. The maximum Gasteiger partial charge on any atom is 0.244 e. The molecule has 1 heterocycles. The number of nitrogens with zero attached hydrogens (tertiary/aromatic N) is 2. The minimum absolute atomic E-state index is 0.00381. The molecule has 0 spiro atoms. The van der Waals surface area contributed by atoms with Crippen molar-refractivity contribution in [2.24, 2.45) is 0 Å². The minimum Gasteiger partial charge on any atom is -0.497 e. The van der Waals surface area contributed by atoms with Crippen molar-refractivity contribution in [2.45, 2.75) is 4.90 Å². The molecule has 1 amide bonds. The third kappa shape index (κ3) is 5.21. The van der Waals surface area contributed by atoms with Crippen LogP contribution in [-0.4, -0.2) is 63.4 Å². The molecule has 29 heavy (non-hydrogen) atoms. The van der Waals surface area contributed by atoms with Crippen LogP contribution in [0, 0.1) is 0 Å². The summed E-state index contributed by atoms with van der Waals surface area (Å²) in [6.07, 6.45) is 0. The van der Waals surface area contributed by atoms with Crippen LogP contribution in [0.5, 0.6) is 5.75 Å². The molecule has 0 atom stereocenters. The third-order valence-electron chi connectivity index (χ3n) is 4.59. The van der Waals surface area contributed by atoms with Crippen molar-refractivity contribution in [2.75, 3.05) is 45.2 Å². The number of amides is 1. The van der Waals surface area contributed by atoms with Crippen molar-refractivity contribution < 1.29 is 17.9 Å². The first kappa shape index (κ1) is 21.9. The lowest BCUT2D eigenvalue weighted by Crippen LogP contribution is -2.50. The van der Waals surface area contributed by atoms with E-state index in [4.69, 9.17) is 27.9 Å². The number of halogens is 2. The largest absolute Gasteiger partial charge is 0.497 e. The molecule has 0 unspecified atom stereocenters. The van der Waals surface area contributed by atoms with E-state index in [9.17, 15) is 13.2 Å². The SMILES string of the molecule is COc1cccc(NC(=O)CN2CCN(S(=O)(=O)c3cccc(Cl)c3Cl)CC2)c1. The number of rotatable bonds is 6. The van der Waals surface area contributed by atoms with E-state index in [1.54, 1.807) is 43.5 Å². The number of hydrogen-bond acceptors (Lipinski definition) is 5. The van der Waals surface area contributed by atoms with E-state index in [1.807, 2.05) is 4.90 Å². The van der Waals surface area contributed by atoms with E-state index in [1.165, 1.54) is 10.4 Å². The van der Waals surface area contributed by atoms with Crippen LogP contribution < -0.4 is 10.1 Å². The topological polar surface area (TPSA) is 79.0 Å². The van der Waals surface area contributed by atoms with Gasteiger partial charge in [0.05, 0.1) is 23.7 Å². The van der Waals surface area contributed by atoms with Gasteiger partial charge in [-0.15, -0.1) is 0 Å². The van der Waals surface area contributed by atoms with Crippen LogP contribution >= 0.6 is 23.2 Å². The van der Waals surface area contributed by atoms with Gasteiger partial charge in [-0.25, -0.2) is 8.42 Å². The molecule has 1 N–H and O–H groups in total. The van der Waals surface area contributed by atoms with E-state index in [-0.39, 0.29) is 40.5 Å². The van der Waals surface area contributed by atoms with Crippen molar-refractivity contribution in [3.63, 3.8) is 0 Å². The lowest BCUT2D eigenvalue weighted by atomic mass is 10.3. The van der Waals surface area contributed by atoms with Gasteiger partial charge in [0.15, 0.2) is 0 Å². The Balaban J connectivity index is 1.57. The third-order valence-corrected chi connectivity index (χ3v) is 7.46. The molecule has 1 aliphatic rings. The molecule has 10 heteroatoms. The van der Waals surface area contributed by atoms with Gasteiger partial charge in [-0.3, -0.25) is 9.69 Å². The number of sulfonamides is 1. The van der Waals surface area contributed by atoms with E-state index in [0.717, 1.165) is 0 Å². The predicted molar refractivity (Wildman–Crippen MR) is 113 cm³/mol. The minimum atomic E-state index is -3.75. The zero-order valence-electron chi connectivity index (χ0n) is 15.8. The summed E-state index contributed by atoms with van der Waals surface area (Å²) in [6, 6.07) is 11.6. The van der Waals surface area contributed by atoms with Crippen molar-refractivity contribution in [3.05, 3.63) is 52.5 Å². The summed E-state index contributed by atoms with van der Waals surface area (Å²) in [5.41, 5.74) is 0.645. The molecule has 0 aliphatic carbocycles. The Bertz CT molecular complexity index is 993. The molecule has 0 saturated carbocycles. The van der Waals surface area contributed by atoms with Crippen LogP contribution in [0.15, 0.2) is 47.4 Å². The number of benzene rings is 2. The number of ether oxygens (including phenoxy) is 1. The maximum atomic E-state index is 12.9. The van der Waals surface area contributed by atoms with Crippen LogP contribution in [0.3, 0.4) is 0 Å². The van der Waals surface area contributed by atoms with E-state index >= 15 is 0 Å². The molecule has 2 aromatic carbocycles. The Morgan fingerprint density at radius 3 is 2.48 bits per heavy atom. The summed E-state index contributed by atoms with van der Waals surface area (Å²) in [5, 5.41) is 3.04. The molecule has 156 valence electrons. The summed E-state index contributed by atoms with van der Waals surface area (Å²) in [5.74, 6) is 0.480. The van der Waals surface area contributed by atoms with Crippen LogP contribution in [0.4, 0.5) is 5.69 Å². The monoisotopic (exact) mass is 457 g/mol. The standard InChI is InChI=1S/C19H21Cl2N3O4S/c1-28-15-5-2-4-14(12-15)22-18(25)13-23-8-10-24(11-9-23)29(26,27)17-7-3-6-16(20)19(17)21/h2-7,12H,8-11,13H2,1H3,(H,22,25). The van der Waals surface area contributed by atoms with Crippen LogP contribution in [-0.2, 0) is 14.8 Å². The lowest BCUT2D eigenvalue weighted by molar-refractivity contribution is -0.117. The second kappa shape index (κ2) is 9.32. The molecular weight excluding hydrogens is 437 g/mol. The van der Waals surface area contributed by atoms with Gasteiger partial charge < -0.3 is 10.1 Å². The smallest absolute Gasteiger partial charge is 0.244 e. The van der Waals surface area contributed by atoms with Gasteiger partial charge in [-0.2, -0.15) is 4.31 Å². The van der Waals surface area contributed by atoms with E-state index in [2.05, 4.69) is 5.32 Å². The molecular formula is C19H21Cl2N3O4S. The highest BCUT2D eigenvalue weighted by Crippen LogP contribution is 2.31. The number of anilines is 1. The number of hydrogen-bond donors (Lipinski definition) is 1. The highest BCUT2D eigenvalue weighted by Gasteiger charge is 2.31. The summed E-state index contributed by atoms with van der Waals surface area (Å²) in [6.45, 7) is 1.56. The Morgan fingerprint density at radius 2 is 1.79 bits per heavy atom. The fourth-order valence-electron chi connectivity index (χ4n) is 3.05. The first-order valence-corrected chi connectivity index (χ1v) is 11.1. The molecule has 1 aliphatic heterocycles. The normalized spacial score (nSPS) is 15.8. The van der Waals surface area contributed by atoms with Gasteiger partial charge in [-0.05, 0) is 24.3 Å². The quantitative estimate of drug-likeness (QED) is 0.720.